The number of benzene rings is 2. The van der Waals surface area contributed by atoms with Crippen LogP contribution in [0.4, 0.5) is 0 Å². The van der Waals surface area contributed by atoms with Gasteiger partial charge >= 0.3 is 0 Å². The Balaban J connectivity index is 1.57. The molecule has 4 heterocycles. The number of quaternary nitrogens is 1. The Labute approximate surface area is 188 Å². The fourth-order valence-corrected chi connectivity index (χ4v) is 6.29. The number of halogens is 1. The van der Waals surface area contributed by atoms with Crippen molar-refractivity contribution in [2.75, 3.05) is 13.1 Å². The summed E-state index contributed by atoms with van der Waals surface area (Å²) in [5.41, 5.74) is 2.64. The molecule has 5 atom stereocenters. The Morgan fingerprint density at radius 2 is 2.06 bits per heavy atom. The first-order chi connectivity index (χ1) is 15.0. The molecular formula is C26H28ClN2O2+. The molecule has 3 aliphatic heterocycles. The SMILES string of the molecule is C=C[C@H]1C[N@+]2(Cc3cccc(Cl)c3)CC[C@H]1C[C@@H]2[C@@H](O)c1cc[n+]([O-])c2ccccc12. The summed E-state index contributed by atoms with van der Waals surface area (Å²) in [7, 11) is 0. The Kier molecular flexibility index (Phi) is 5.25. The minimum Gasteiger partial charge on any atom is -0.618 e. The van der Waals surface area contributed by atoms with Crippen molar-refractivity contribution in [3.63, 3.8) is 0 Å². The van der Waals surface area contributed by atoms with Gasteiger partial charge in [0.2, 0.25) is 5.52 Å². The van der Waals surface area contributed by atoms with Crippen LogP contribution < -0.4 is 4.73 Å². The lowest BCUT2D eigenvalue weighted by molar-refractivity contribution is -0.984. The Morgan fingerprint density at radius 3 is 2.87 bits per heavy atom. The highest BCUT2D eigenvalue weighted by Gasteiger charge is 2.54. The van der Waals surface area contributed by atoms with Gasteiger partial charge in [0.15, 0.2) is 6.20 Å². The monoisotopic (exact) mass is 435 g/mol. The van der Waals surface area contributed by atoms with Crippen LogP contribution in [0, 0.1) is 17.0 Å². The molecule has 1 N–H and O–H groups in total. The number of fused-ring (bicyclic) bond motifs is 4. The average Bonchev–Trinajstić information content (AvgIpc) is 2.79. The van der Waals surface area contributed by atoms with E-state index in [-0.39, 0.29) is 6.04 Å². The summed E-state index contributed by atoms with van der Waals surface area (Å²) in [5.74, 6) is 1.02. The van der Waals surface area contributed by atoms with Gasteiger partial charge in [0.25, 0.3) is 0 Å². The molecule has 3 saturated heterocycles. The summed E-state index contributed by atoms with van der Waals surface area (Å²) < 4.78 is 1.71. The van der Waals surface area contributed by atoms with E-state index in [1.807, 2.05) is 42.5 Å². The van der Waals surface area contributed by atoms with Crippen molar-refractivity contribution < 1.29 is 14.3 Å². The van der Waals surface area contributed by atoms with Crippen molar-refractivity contribution in [3.8, 4) is 0 Å². The number of hydrogen-bond acceptors (Lipinski definition) is 2. The first-order valence-electron chi connectivity index (χ1n) is 11.0. The molecule has 0 unspecified atom stereocenters. The fraction of sp³-hybridized carbons (Fsp3) is 0.346. The van der Waals surface area contributed by atoms with Gasteiger partial charge < -0.3 is 14.8 Å². The largest absolute Gasteiger partial charge is 0.618 e. The molecule has 0 radical (unpaired) electrons. The number of para-hydroxylation sites is 1. The molecule has 2 bridgehead atoms. The lowest BCUT2D eigenvalue weighted by atomic mass is 9.71. The van der Waals surface area contributed by atoms with E-state index in [1.165, 1.54) is 11.8 Å². The summed E-state index contributed by atoms with van der Waals surface area (Å²) >= 11 is 6.29. The summed E-state index contributed by atoms with van der Waals surface area (Å²) in [4.78, 5) is 0. The van der Waals surface area contributed by atoms with E-state index in [0.29, 0.717) is 17.4 Å². The summed E-state index contributed by atoms with van der Waals surface area (Å²) in [5, 5.41) is 25.6. The van der Waals surface area contributed by atoms with E-state index in [4.69, 9.17) is 11.6 Å². The highest BCUT2D eigenvalue weighted by atomic mass is 35.5. The van der Waals surface area contributed by atoms with Crippen LogP contribution in [0.15, 0.2) is 73.4 Å². The molecule has 0 spiro atoms. The Bertz CT molecular complexity index is 1130. The predicted octanol–water partition coefficient (Wildman–Crippen LogP) is 4.77. The summed E-state index contributed by atoms with van der Waals surface area (Å²) in [6, 6.07) is 17.5. The van der Waals surface area contributed by atoms with E-state index >= 15 is 0 Å². The molecule has 3 aromatic rings. The Morgan fingerprint density at radius 1 is 1.23 bits per heavy atom. The number of pyridine rings is 1. The van der Waals surface area contributed by atoms with Crippen LogP contribution in [-0.2, 0) is 6.54 Å². The zero-order valence-corrected chi connectivity index (χ0v) is 18.3. The molecule has 31 heavy (non-hydrogen) atoms. The molecule has 0 aliphatic carbocycles. The van der Waals surface area contributed by atoms with Gasteiger partial charge in [0.1, 0.15) is 18.7 Å². The molecule has 0 saturated carbocycles. The number of rotatable bonds is 5. The van der Waals surface area contributed by atoms with E-state index in [0.717, 1.165) is 57.7 Å². The smallest absolute Gasteiger partial charge is 0.224 e. The second-order valence-corrected chi connectivity index (χ2v) is 9.66. The van der Waals surface area contributed by atoms with Crippen molar-refractivity contribution in [1.29, 1.82) is 0 Å². The minimum atomic E-state index is -0.640. The van der Waals surface area contributed by atoms with Crippen LogP contribution in [0.3, 0.4) is 0 Å². The molecule has 6 rings (SSSR count). The predicted molar refractivity (Wildman–Crippen MR) is 123 cm³/mol. The van der Waals surface area contributed by atoms with Crippen molar-refractivity contribution in [1.82, 2.24) is 0 Å². The van der Waals surface area contributed by atoms with Gasteiger partial charge in [0.05, 0.1) is 18.5 Å². The van der Waals surface area contributed by atoms with E-state index in [2.05, 4.69) is 18.7 Å². The summed E-state index contributed by atoms with van der Waals surface area (Å²) in [6.07, 6.45) is 5.09. The van der Waals surface area contributed by atoms with Gasteiger partial charge in [-0.05, 0) is 24.1 Å². The first-order valence-corrected chi connectivity index (χ1v) is 11.4. The van der Waals surface area contributed by atoms with Crippen LogP contribution in [0.2, 0.25) is 5.02 Å². The van der Waals surface area contributed by atoms with Gasteiger partial charge in [-0.2, -0.15) is 4.73 Å². The summed E-state index contributed by atoms with van der Waals surface area (Å²) in [6.45, 7) is 6.96. The van der Waals surface area contributed by atoms with Gasteiger partial charge in [-0.1, -0.05) is 41.9 Å². The number of aromatic nitrogens is 1. The van der Waals surface area contributed by atoms with Crippen LogP contribution >= 0.6 is 11.6 Å². The second kappa shape index (κ2) is 7.94. The van der Waals surface area contributed by atoms with Crippen LogP contribution in [0.5, 0.6) is 0 Å². The standard InChI is InChI=1S/C26H28ClN2O2/c1-2-19-17-29(16-18-6-5-7-21(27)14-18)13-11-20(19)15-25(29)26(30)23-10-12-28(31)24-9-4-3-8-22(23)24/h2-10,12,14,19-20,25-26,30H,1,11,13,15-17H2/q+1/t19-,20-,25+,26-,29+/m0/s1. The van der Waals surface area contributed by atoms with Gasteiger partial charge in [0, 0.05) is 47.0 Å². The Hall–Kier alpha value is -2.40. The third-order valence-electron chi connectivity index (χ3n) is 7.59. The lowest BCUT2D eigenvalue weighted by Gasteiger charge is -2.58. The normalized spacial score (nSPS) is 28.5. The molecule has 1 aromatic heterocycles. The maximum Gasteiger partial charge on any atom is 0.224 e. The topological polar surface area (TPSA) is 47.2 Å². The highest BCUT2D eigenvalue weighted by Crippen LogP contribution is 2.48. The molecule has 4 nitrogen and oxygen atoms in total. The zero-order chi connectivity index (χ0) is 21.6. The quantitative estimate of drug-likeness (QED) is 0.271. The maximum atomic E-state index is 12.3. The first kappa shape index (κ1) is 20.5. The van der Waals surface area contributed by atoms with Crippen molar-refractivity contribution in [2.45, 2.75) is 31.5 Å². The third-order valence-corrected chi connectivity index (χ3v) is 7.82. The molecule has 0 amide bonds. The molecule has 3 aliphatic rings. The van der Waals surface area contributed by atoms with Gasteiger partial charge in [-0.25, -0.2) is 0 Å². The van der Waals surface area contributed by atoms with Crippen LogP contribution in [-0.4, -0.2) is 28.7 Å². The third kappa shape index (κ3) is 3.53. The molecule has 3 fully saturated rings. The molecular weight excluding hydrogens is 408 g/mol. The number of nitrogens with zero attached hydrogens (tertiary/aromatic N) is 2. The van der Waals surface area contributed by atoms with Gasteiger partial charge in [-0.15, -0.1) is 6.58 Å². The fourth-order valence-electron chi connectivity index (χ4n) is 6.07. The van der Waals surface area contributed by atoms with Crippen molar-refractivity contribution >= 4 is 22.5 Å². The molecule has 5 heteroatoms. The number of aliphatic hydroxyl groups is 1. The second-order valence-electron chi connectivity index (χ2n) is 9.22. The number of hydrogen-bond donors (Lipinski definition) is 1. The van der Waals surface area contributed by atoms with Crippen molar-refractivity contribution in [2.24, 2.45) is 11.8 Å². The number of aliphatic hydroxyl groups excluding tert-OH is 1. The van der Waals surface area contributed by atoms with E-state index in [1.54, 1.807) is 6.07 Å². The molecule has 160 valence electrons. The van der Waals surface area contributed by atoms with E-state index in [9.17, 15) is 10.3 Å². The van der Waals surface area contributed by atoms with Crippen molar-refractivity contribution in [3.05, 3.63) is 94.8 Å². The molecule has 2 aromatic carbocycles. The maximum absolute atomic E-state index is 12.3. The number of piperidine rings is 3. The average molecular weight is 436 g/mol. The lowest BCUT2D eigenvalue weighted by Crippen LogP contribution is -2.67. The zero-order valence-electron chi connectivity index (χ0n) is 17.5. The van der Waals surface area contributed by atoms with E-state index < -0.39 is 6.10 Å². The minimum absolute atomic E-state index is 0.0693. The van der Waals surface area contributed by atoms with Gasteiger partial charge in [-0.3, -0.25) is 0 Å². The highest BCUT2D eigenvalue weighted by molar-refractivity contribution is 6.30. The van der Waals surface area contributed by atoms with Crippen LogP contribution in [0.25, 0.3) is 10.9 Å². The van der Waals surface area contributed by atoms with Crippen LogP contribution in [0.1, 0.15) is 30.1 Å².